The summed E-state index contributed by atoms with van der Waals surface area (Å²) in [6.07, 6.45) is -1.04. The molecule has 0 heterocycles. The van der Waals surface area contributed by atoms with Gasteiger partial charge in [-0.3, -0.25) is 43.2 Å². The first-order valence-corrected chi connectivity index (χ1v) is 19.1. The minimum atomic E-state index is -1.70. The molecule has 8 atom stereocenters. The number of carboxylic acid groups (broad SMARTS) is 1. The summed E-state index contributed by atoms with van der Waals surface area (Å²) in [5, 5.41) is 24.1. The van der Waals surface area contributed by atoms with Crippen LogP contribution in [-0.2, 0) is 54.4 Å². The zero-order chi connectivity index (χ0) is 44.8. The van der Waals surface area contributed by atoms with Crippen LogP contribution in [0.25, 0.3) is 0 Å². The summed E-state index contributed by atoms with van der Waals surface area (Å²) in [5.41, 5.74) is 27.7. The molecule has 1 rings (SSSR count). The van der Waals surface area contributed by atoms with Crippen LogP contribution in [0.2, 0.25) is 0 Å². The topological polar surface area (TPSA) is 393 Å². The van der Waals surface area contributed by atoms with Crippen molar-refractivity contribution in [3.8, 4) is 0 Å². The van der Waals surface area contributed by atoms with E-state index in [1.807, 2.05) is 0 Å². The van der Waals surface area contributed by atoms with Crippen LogP contribution in [0.5, 0.6) is 0 Å². The average Bonchev–Trinajstić information content (AvgIpc) is 3.16. The Labute approximate surface area is 341 Å². The number of hydrogen-bond donors (Lipinski definition) is 12. The van der Waals surface area contributed by atoms with Crippen molar-refractivity contribution >= 4 is 59.1 Å². The predicted octanol–water partition coefficient (Wildman–Crippen LogP) is -4.24. The van der Waals surface area contributed by atoms with Gasteiger partial charge in [-0.1, -0.05) is 50.6 Å². The molecule has 0 aromatic heterocycles. The Morgan fingerprint density at radius 1 is 0.610 bits per heavy atom. The predicted molar refractivity (Wildman–Crippen MR) is 211 cm³/mol. The highest BCUT2D eigenvalue weighted by Gasteiger charge is 2.34. The fourth-order valence-corrected chi connectivity index (χ4v) is 5.53. The first-order chi connectivity index (χ1) is 27.7. The molecule has 0 saturated heterocycles. The number of aliphatic carboxylic acids is 1. The molecule has 0 fully saturated rings. The highest BCUT2D eigenvalue weighted by atomic mass is 16.4. The smallest absolute Gasteiger partial charge is 0.326 e. The molecule has 17 N–H and O–H groups in total. The highest BCUT2D eigenvalue weighted by molar-refractivity contribution is 5.98. The molecule has 1 aromatic carbocycles. The van der Waals surface area contributed by atoms with Gasteiger partial charge in [0.25, 0.3) is 0 Å². The van der Waals surface area contributed by atoms with E-state index in [-0.39, 0.29) is 32.2 Å². The summed E-state index contributed by atoms with van der Waals surface area (Å²) in [6.45, 7) is 4.95. The van der Waals surface area contributed by atoms with Gasteiger partial charge in [0.2, 0.25) is 53.2 Å². The maximum Gasteiger partial charge on any atom is 0.326 e. The Morgan fingerprint density at radius 3 is 1.66 bits per heavy atom. The van der Waals surface area contributed by atoms with Gasteiger partial charge in [-0.15, -0.1) is 0 Å². The Balaban J connectivity index is 3.39. The van der Waals surface area contributed by atoms with Gasteiger partial charge in [0, 0.05) is 12.8 Å². The Kier molecular flexibility index (Phi) is 22.4. The summed E-state index contributed by atoms with van der Waals surface area (Å²) in [7, 11) is 0. The molecule has 22 nitrogen and oxygen atoms in total. The van der Waals surface area contributed by atoms with Crippen LogP contribution >= 0.6 is 0 Å². The van der Waals surface area contributed by atoms with Crippen molar-refractivity contribution in [2.45, 2.75) is 121 Å². The van der Waals surface area contributed by atoms with Crippen molar-refractivity contribution in [3.63, 3.8) is 0 Å². The van der Waals surface area contributed by atoms with Gasteiger partial charge >= 0.3 is 5.97 Å². The van der Waals surface area contributed by atoms with Crippen molar-refractivity contribution < 1.29 is 53.1 Å². The van der Waals surface area contributed by atoms with Crippen LogP contribution in [0, 0.1) is 5.92 Å². The molecule has 328 valence electrons. The number of nitrogens with one attached hydrogen (secondary N) is 6. The lowest BCUT2D eigenvalue weighted by Gasteiger charge is -2.27. The van der Waals surface area contributed by atoms with E-state index in [0.29, 0.717) is 24.8 Å². The summed E-state index contributed by atoms with van der Waals surface area (Å²) >= 11 is 0. The average molecular weight is 834 g/mol. The molecule has 0 unspecified atom stereocenters. The number of carbonyl (C=O) groups is 10. The van der Waals surface area contributed by atoms with Gasteiger partial charge in [0.1, 0.15) is 36.3 Å². The summed E-state index contributed by atoms with van der Waals surface area (Å²) < 4.78 is 0. The second-order valence-corrected chi connectivity index (χ2v) is 14.1. The molecular formula is C37H59N11O11. The Bertz CT molecular complexity index is 1650. The van der Waals surface area contributed by atoms with Gasteiger partial charge in [0.15, 0.2) is 0 Å². The van der Waals surface area contributed by atoms with Crippen LogP contribution in [0.15, 0.2) is 30.3 Å². The third-order valence-corrected chi connectivity index (χ3v) is 9.13. The lowest BCUT2D eigenvalue weighted by atomic mass is 9.99. The molecule has 1 aromatic rings. The van der Waals surface area contributed by atoms with Crippen LogP contribution < -0.4 is 60.6 Å². The van der Waals surface area contributed by atoms with Gasteiger partial charge in [-0.05, 0) is 50.6 Å². The molecule has 0 saturated carbocycles. The number of unbranched alkanes of at least 4 members (excludes halogenated alkanes) is 1. The van der Waals surface area contributed by atoms with Crippen LogP contribution in [-0.4, -0.2) is 113 Å². The van der Waals surface area contributed by atoms with Crippen LogP contribution in [0.4, 0.5) is 0 Å². The quantitative estimate of drug-likeness (QED) is 0.0357. The number of rotatable bonds is 28. The monoisotopic (exact) mass is 833 g/mol. The van der Waals surface area contributed by atoms with Crippen LogP contribution in [0.1, 0.15) is 77.7 Å². The maximum atomic E-state index is 13.9. The standard InChI is InChI=1S/C37H59N11O11/c1-4-19(2)30(37(58)59)48-31(52)20(3)43-33(54)23(12-8-9-15-38)45-36(57)26(18-29(42)51)47-35(56)25(16-21-10-6-5-7-11-21)46-34(55)24(13-14-27(40)49)44-32(53)22(39)17-28(41)50/h5-7,10-11,19-20,22-26,30H,4,8-9,12-18,38-39H2,1-3H3,(H2,40,49)(H2,41,50)(H2,42,51)(H,43,54)(H,44,53)(H,45,57)(H,46,55)(H,47,56)(H,48,52)(H,58,59)/t19-,20-,22-,23-,24-,25-,26-,30-/m0/s1. The molecular weight excluding hydrogens is 774 g/mol. The van der Waals surface area contributed by atoms with E-state index >= 15 is 0 Å². The number of primary amides is 3. The van der Waals surface area contributed by atoms with Crippen molar-refractivity contribution in [1.82, 2.24) is 31.9 Å². The minimum Gasteiger partial charge on any atom is -0.480 e. The molecule has 0 radical (unpaired) electrons. The molecule has 59 heavy (non-hydrogen) atoms. The van der Waals surface area contributed by atoms with Crippen molar-refractivity contribution in [3.05, 3.63) is 35.9 Å². The van der Waals surface area contributed by atoms with Crippen molar-refractivity contribution in [2.24, 2.45) is 34.6 Å². The van der Waals surface area contributed by atoms with Gasteiger partial charge in [-0.25, -0.2) is 4.79 Å². The fraction of sp³-hybridized carbons (Fsp3) is 0.568. The summed E-state index contributed by atoms with van der Waals surface area (Å²) in [4.78, 5) is 127. The Morgan fingerprint density at radius 2 is 1.12 bits per heavy atom. The normalized spacial score (nSPS) is 14.9. The third-order valence-electron chi connectivity index (χ3n) is 9.13. The number of carboxylic acids is 1. The van der Waals surface area contributed by atoms with E-state index < -0.39 is 120 Å². The minimum absolute atomic E-state index is 0.000825. The second-order valence-electron chi connectivity index (χ2n) is 14.1. The van der Waals surface area contributed by atoms with Gasteiger partial charge in [0.05, 0.1) is 18.9 Å². The molecule has 22 heteroatoms. The maximum absolute atomic E-state index is 13.9. The highest BCUT2D eigenvalue weighted by Crippen LogP contribution is 2.10. The number of carbonyl (C=O) groups excluding carboxylic acids is 9. The molecule has 9 amide bonds. The van der Waals surface area contributed by atoms with E-state index in [4.69, 9.17) is 28.7 Å². The van der Waals surface area contributed by atoms with Gasteiger partial charge < -0.3 is 65.7 Å². The number of amides is 9. The molecule has 0 aliphatic heterocycles. The van der Waals surface area contributed by atoms with Crippen molar-refractivity contribution in [2.75, 3.05) is 6.54 Å². The Hall–Kier alpha value is -6.16. The largest absolute Gasteiger partial charge is 0.480 e. The van der Waals surface area contributed by atoms with Gasteiger partial charge in [-0.2, -0.15) is 0 Å². The number of benzene rings is 1. The lowest BCUT2D eigenvalue weighted by molar-refractivity contribution is -0.143. The van der Waals surface area contributed by atoms with E-state index in [2.05, 4.69) is 31.9 Å². The van der Waals surface area contributed by atoms with Crippen LogP contribution in [0.3, 0.4) is 0 Å². The SMILES string of the molecule is CC[C@H](C)[C@H](NC(=O)[C@H](C)NC(=O)[C@H](CCCCN)NC(=O)[C@H](CC(N)=O)NC(=O)[C@H](Cc1ccccc1)NC(=O)[C@H](CCC(N)=O)NC(=O)[C@@H](N)CC(N)=O)C(=O)O. The lowest BCUT2D eigenvalue weighted by Crippen LogP contribution is -2.60. The summed E-state index contributed by atoms with van der Waals surface area (Å²) in [6, 6.07) is -1.68. The first kappa shape index (κ1) is 50.9. The molecule has 0 spiro atoms. The van der Waals surface area contributed by atoms with E-state index in [9.17, 15) is 53.1 Å². The second kappa shape index (κ2) is 26.0. The molecule has 0 bridgehead atoms. The molecule has 0 aliphatic carbocycles. The first-order valence-electron chi connectivity index (χ1n) is 19.1. The zero-order valence-corrected chi connectivity index (χ0v) is 33.5. The number of hydrogen-bond acceptors (Lipinski definition) is 12. The third kappa shape index (κ3) is 19.2. The summed E-state index contributed by atoms with van der Waals surface area (Å²) in [5.74, 6) is -10.1. The number of nitrogens with two attached hydrogens (primary N) is 5. The van der Waals surface area contributed by atoms with E-state index in [1.54, 1.807) is 44.2 Å². The fourth-order valence-electron chi connectivity index (χ4n) is 5.53. The van der Waals surface area contributed by atoms with E-state index in [1.165, 1.54) is 6.92 Å². The van der Waals surface area contributed by atoms with E-state index in [0.717, 1.165) is 0 Å². The molecule has 0 aliphatic rings. The zero-order valence-electron chi connectivity index (χ0n) is 33.5. The van der Waals surface area contributed by atoms with Crippen molar-refractivity contribution in [1.29, 1.82) is 0 Å².